The van der Waals surface area contributed by atoms with Gasteiger partial charge in [0.1, 0.15) is 5.82 Å². The summed E-state index contributed by atoms with van der Waals surface area (Å²) in [5.41, 5.74) is 6.42. The summed E-state index contributed by atoms with van der Waals surface area (Å²) in [6.07, 6.45) is 1.83. The first-order valence-corrected chi connectivity index (χ1v) is 13.8. The van der Waals surface area contributed by atoms with Crippen LogP contribution in [0.5, 0.6) is 0 Å². The summed E-state index contributed by atoms with van der Waals surface area (Å²) in [5, 5.41) is 7.12. The molecular formula is C38H25N3. The lowest BCUT2D eigenvalue weighted by Gasteiger charge is -2.26. The molecule has 2 heterocycles. The van der Waals surface area contributed by atoms with E-state index in [0.29, 0.717) is 0 Å². The highest BCUT2D eigenvalue weighted by Crippen LogP contribution is 2.41. The van der Waals surface area contributed by atoms with Crippen LogP contribution in [0, 0.1) is 0 Å². The predicted octanol–water partition coefficient (Wildman–Crippen LogP) is 10.2. The Kier molecular flexibility index (Phi) is 5.46. The third-order valence-electron chi connectivity index (χ3n) is 7.85. The van der Waals surface area contributed by atoms with E-state index in [1.807, 2.05) is 12.3 Å². The van der Waals surface area contributed by atoms with E-state index in [1.54, 1.807) is 0 Å². The van der Waals surface area contributed by atoms with Gasteiger partial charge in [0.05, 0.1) is 16.7 Å². The van der Waals surface area contributed by atoms with Gasteiger partial charge in [0.2, 0.25) is 0 Å². The molecule has 3 heteroatoms. The minimum Gasteiger partial charge on any atom is -0.294 e. The van der Waals surface area contributed by atoms with Crippen molar-refractivity contribution in [3.05, 3.63) is 152 Å². The van der Waals surface area contributed by atoms with Gasteiger partial charge < -0.3 is 0 Å². The first-order valence-electron chi connectivity index (χ1n) is 13.8. The lowest BCUT2D eigenvalue weighted by Crippen LogP contribution is -2.12. The van der Waals surface area contributed by atoms with Gasteiger partial charge in [-0.1, -0.05) is 91.0 Å². The monoisotopic (exact) mass is 523 g/mol. The van der Waals surface area contributed by atoms with Crippen molar-refractivity contribution < 1.29 is 0 Å². The topological polar surface area (TPSA) is 29.0 Å². The Morgan fingerprint density at radius 1 is 0.463 bits per heavy atom. The SMILES string of the molecule is c1ccc(N(c2ccc3ccc(-c4ccc5ncccc5c4)cc3n2)c2cccc3ccc4ccccc4c23)cc1. The van der Waals surface area contributed by atoms with Gasteiger partial charge in [0.15, 0.2) is 0 Å². The molecule has 0 radical (unpaired) electrons. The molecule has 0 spiro atoms. The molecule has 0 saturated heterocycles. The number of hydrogen-bond donors (Lipinski definition) is 0. The van der Waals surface area contributed by atoms with Gasteiger partial charge in [0.25, 0.3) is 0 Å². The van der Waals surface area contributed by atoms with Crippen molar-refractivity contribution in [1.29, 1.82) is 0 Å². The highest BCUT2D eigenvalue weighted by Gasteiger charge is 2.18. The Balaban J connectivity index is 1.33. The van der Waals surface area contributed by atoms with Crippen LogP contribution in [-0.2, 0) is 0 Å². The number of benzene rings is 6. The molecule has 0 N–H and O–H groups in total. The number of anilines is 3. The Labute approximate surface area is 238 Å². The van der Waals surface area contributed by atoms with E-state index in [1.165, 1.54) is 21.5 Å². The van der Waals surface area contributed by atoms with Crippen LogP contribution < -0.4 is 4.90 Å². The average Bonchev–Trinajstić information content (AvgIpc) is 3.05. The van der Waals surface area contributed by atoms with Crippen molar-refractivity contribution >= 4 is 60.5 Å². The van der Waals surface area contributed by atoms with Gasteiger partial charge in [-0.2, -0.15) is 0 Å². The Hall–Kier alpha value is -5.54. The summed E-state index contributed by atoms with van der Waals surface area (Å²) in [6.45, 7) is 0. The lowest BCUT2D eigenvalue weighted by atomic mass is 9.99. The van der Waals surface area contributed by atoms with Crippen LogP contribution in [0.2, 0.25) is 0 Å². The molecule has 3 nitrogen and oxygen atoms in total. The second-order valence-corrected chi connectivity index (χ2v) is 10.3. The molecule has 8 aromatic rings. The molecule has 0 atom stereocenters. The maximum absolute atomic E-state index is 5.28. The number of aromatic nitrogens is 2. The summed E-state index contributed by atoms with van der Waals surface area (Å²) >= 11 is 0. The van der Waals surface area contributed by atoms with Crippen molar-refractivity contribution in [3.63, 3.8) is 0 Å². The largest absolute Gasteiger partial charge is 0.294 e. The lowest BCUT2D eigenvalue weighted by molar-refractivity contribution is 1.22. The number of nitrogens with zero attached hydrogens (tertiary/aromatic N) is 3. The van der Waals surface area contributed by atoms with Gasteiger partial charge in [0, 0.05) is 28.0 Å². The fraction of sp³-hybridized carbons (Fsp3) is 0. The van der Waals surface area contributed by atoms with Crippen molar-refractivity contribution in [2.45, 2.75) is 0 Å². The molecule has 0 unspecified atom stereocenters. The highest BCUT2D eigenvalue weighted by atomic mass is 15.2. The summed E-state index contributed by atoms with van der Waals surface area (Å²) in [6, 6.07) is 51.4. The number of para-hydroxylation sites is 1. The molecule has 0 fully saturated rings. The zero-order valence-corrected chi connectivity index (χ0v) is 22.3. The zero-order chi connectivity index (χ0) is 27.2. The molecule has 0 saturated carbocycles. The van der Waals surface area contributed by atoms with Gasteiger partial charge in [-0.15, -0.1) is 0 Å². The van der Waals surface area contributed by atoms with E-state index in [9.17, 15) is 0 Å². The normalized spacial score (nSPS) is 11.4. The standard InChI is InChI=1S/C38H25N3/c1-2-11-32(12-3-1)41(36-14-6-9-28-17-15-26-8-4-5-13-33(26)38(28)36)37-22-20-27-16-18-30(25-35(27)40-37)29-19-21-34-31(24-29)10-7-23-39-34/h1-25H. The summed E-state index contributed by atoms with van der Waals surface area (Å²) < 4.78 is 0. The quantitative estimate of drug-likeness (QED) is 0.215. The van der Waals surface area contributed by atoms with Crippen LogP contribution in [-0.4, -0.2) is 9.97 Å². The minimum atomic E-state index is 0.879. The maximum Gasteiger partial charge on any atom is 0.138 e. The predicted molar refractivity (Wildman–Crippen MR) is 172 cm³/mol. The fourth-order valence-corrected chi connectivity index (χ4v) is 5.86. The van der Waals surface area contributed by atoms with Crippen molar-refractivity contribution in [2.24, 2.45) is 0 Å². The Bertz CT molecular complexity index is 2220. The van der Waals surface area contributed by atoms with E-state index in [0.717, 1.165) is 50.1 Å². The molecule has 192 valence electrons. The minimum absolute atomic E-state index is 0.879. The van der Waals surface area contributed by atoms with Gasteiger partial charge in [-0.25, -0.2) is 4.98 Å². The third-order valence-corrected chi connectivity index (χ3v) is 7.85. The summed E-state index contributed by atoms with van der Waals surface area (Å²) in [7, 11) is 0. The first-order chi connectivity index (χ1) is 20.3. The first kappa shape index (κ1) is 23.4. The third kappa shape index (κ3) is 4.07. The van der Waals surface area contributed by atoms with Gasteiger partial charge in [-0.3, -0.25) is 9.88 Å². The van der Waals surface area contributed by atoms with Crippen LogP contribution in [0.15, 0.2) is 152 Å². The molecule has 0 bridgehead atoms. The molecule has 6 aromatic carbocycles. The fourth-order valence-electron chi connectivity index (χ4n) is 5.86. The Morgan fingerprint density at radius 2 is 1.20 bits per heavy atom. The molecule has 0 aliphatic carbocycles. The molecule has 0 amide bonds. The van der Waals surface area contributed by atoms with Gasteiger partial charge in [-0.05, 0) is 81.9 Å². The maximum atomic E-state index is 5.28. The molecular weight excluding hydrogens is 498 g/mol. The number of fused-ring (bicyclic) bond motifs is 5. The molecule has 8 rings (SSSR count). The van der Waals surface area contributed by atoms with Crippen LogP contribution in [0.1, 0.15) is 0 Å². The zero-order valence-electron chi connectivity index (χ0n) is 22.3. The van der Waals surface area contributed by atoms with Crippen LogP contribution >= 0.6 is 0 Å². The number of pyridine rings is 2. The molecule has 41 heavy (non-hydrogen) atoms. The van der Waals surface area contributed by atoms with Gasteiger partial charge >= 0.3 is 0 Å². The van der Waals surface area contributed by atoms with Crippen molar-refractivity contribution in [2.75, 3.05) is 4.90 Å². The second kappa shape index (κ2) is 9.58. The average molecular weight is 524 g/mol. The Morgan fingerprint density at radius 3 is 2.15 bits per heavy atom. The second-order valence-electron chi connectivity index (χ2n) is 10.3. The summed E-state index contributed by atoms with van der Waals surface area (Å²) in [4.78, 5) is 12.0. The number of rotatable bonds is 4. The number of hydrogen-bond acceptors (Lipinski definition) is 3. The van der Waals surface area contributed by atoms with Crippen molar-refractivity contribution in [3.8, 4) is 11.1 Å². The molecule has 0 aliphatic heterocycles. The van der Waals surface area contributed by atoms with Crippen LogP contribution in [0.25, 0.3) is 54.5 Å². The highest BCUT2D eigenvalue weighted by molar-refractivity contribution is 6.15. The van der Waals surface area contributed by atoms with E-state index in [2.05, 4.69) is 149 Å². The summed E-state index contributed by atoms with van der Waals surface area (Å²) in [5.74, 6) is 0.879. The van der Waals surface area contributed by atoms with Crippen molar-refractivity contribution in [1.82, 2.24) is 9.97 Å². The molecule has 2 aromatic heterocycles. The smallest absolute Gasteiger partial charge is 0.138 e. The van der Waals surface area contributed by atoms with Crippen LogP contribution in [0.3, 0.4) is 0 Å². The van der Waals surface area contributed by atoms with E-state index in [4.69, 9.17) is 4.98 Å². The van der Waals surface area contributed by atoms with Crippen LogP contribution in [0.4, 0.5) is 17.2 Å². The van der Waals surface area contributed by atoms with E-state index < -0.39 is 0 Å². The van der Waals surface area contributed by atoms with E-state index >= 15 is 0 Å². The molecule has 0 aliphatic rings. The van der Waals surface area contributed by atoms with E-state index in [-0.39, 0.29) is 0 Å².